The first-order valence-electron chi connectivity index (χ1n) is 2.56. The molecule has 0 rings (SSSR count). The molecule has 0 aliphatic carbocycles. The summed E-state index contributed by atoms with van der Waals surface area (Å²) in [5.41, 5.74) is 0. The SMILES string of the molecule is CC(=O)[C@H](O)[C@H](O)C(=O)O. The van der Waals surface area contributed by atoms with E-state index in [4.69, 9.17) is 15.3 Å². The van der Waals surface area contributed by atoms with Gasteiger partial charge in [0, 0.05) is 0 Å². The number of Topliss-reactive ketones (excluding diaryl/α,β-unsaturated/α-hetero) is 1. The van der Waals surface area contributed by atoms with E-state index in [2.05, 4.69) is 0 Å². The highest BCUT2D eigenvalue weighted by molar-refractivity contribution is 5.87. The van der Waals surface area contributed by atoms with E-state index in [1.807, 2.05) is 0 Å². The van der Waals surface area contributed by atoms with Crippen LogP contribution in [0.15, 0.2) is 0 Å². The fourth-order valence-corrected chi connectivity index (χ4v) is 0.357. The third-order valence-corrected chi connectivity index (χ3v) is 0.969. The summed E-state index contributed by atoms with van der Waals surface area (Å²) in [4.78, 5) is 20.1. The third-order valence-electron chi connectivity index (χ3n) is 0.969. The summed E-state index contributed by atoms with van der Waals surface area (Å²) >= 11 is 0. The monoisotopic (exact) mass is 148 g/mol. The van der Waals surface area contributed by atoms with Crippen LogP contribution in [0.1, 0.15) is 6.92 Å². The van der Waals surface area contributed by atoms with Gasteiger partial charge in [0.25, 0.3) is 0 Å². The Kier molecular flexibility index (Phi) is 2.98. The zero-order valence-electron chi connectivity index (χ0n) is 5.31. The quantitative estimate of drug-likeness (QED) is 0.447. The number of rotatable bonds is 3. The molecular weight excluding hydrogens is 140 g/mol. The third kappa shape index (κ3) is 2.12. The molecule has 0 aromatic carbocycles. The number of carbonyl (C=O) groups excluding carboxylic acids is 1. The summed E-state index contributed by atoms with van der Waals surface area (Å²) in [7, 11) is 0. The number of ketones is 1. The summed E-state index contributed by atoms with van der Waals surface area (Å²) in [6.45, 7) is 0.997. The smallest absolute Gasteiger partial charge is 0.335 e. The molecule has 0 spiro atoms. The van der Waals surface area contributed by atoms with Crippen LogP contribution in [0.3, 0.4) is 0 Å². The lowest BCUT2D eigenvalue weighted by Gasteiger charge is -2.08. The van der Waals surface area contributed by atoms with Crippen molar-refractivity contribution in [2.75, 3.05) is 0 Å². The second-order valence-corrected chi connectivity index (χ2v) is 1.84. The molecule has 0 aliphatic rings. The molecule has 5 nitrogen and oxygen atoms in total. The molecule has 5 heteroatoms. The lowest BCUT2D eigenvalue weighted by molar-refractivity contribution is -0.156. The average molecular weight is 148 g/mol. The van der Waals surface area contributed by atoms with Crippen LogP contribution >= 0.6 is 0 Å². The number of aliphatic hydroxyl groups is 2. The molecule has 0 fully saturated rings. The minimum atomic E-state index is -2.02. The molecule has 2 atom stereocenters. The van der Waals surface area contributed by atoms with Crippen molar-refractivity contribution in [1.29, 1.82) is 0 Å². The number of hydrogen-bond donors (Lipinski definition) is 3. The van der Waals surface area contributed by atoms with Crippen LogP contribution in [-0.4, -0.2) is 39.3 Å². The van der Waals surface area contributed by atoms with Crippen LogP contribution in [0.5, 0.6) is 0 Å². The Balaban J connectivity index is 4.07. The predicted molar refractivity (Wildman–Crippen MR) is 30.3 cm³/mol. The lowest BCUT2D eigenvalue weighted by atomic mass is 10.1. The van der Waals surface area contributed by atoms with E-state index in [1.54, 1.807) is 0 Å². The minimum absolute atomic E-state index is 0.769. The first kappa shape index (κ1) is 9.06. The van der Waals surface area contributed by atoms with E-state index in [0.29, 0.717) is 0 Å². The molecule has 0 aromatic heterocycles. The Morgan fingerprint density at radius 3 is 1.70 bits per heavy atom. The molecule has 0 bridgehead atoms. The Morgan fingerprint density at radius 2 is 1.60 bits per heavy atom. The molecule has 0 amide bonds. The van der Waals surface area contributed by atoms with Crippen molar-refractivity contribution in [1.82, 2.24) is 0 Å². The van der Waals surface area contributed by atoms with Gasteiger partial charge in [-0.1, -0.05) is 0 Å². The second-order valence-electron chi connectivity index (χ2n) is 1.84. The molecule has 0 radical (unpaired) electrons. The molecule has 0 heterocycles. The van der Waals surface area contributed by atoms with E-state index in [1.165, 1.54) is 0 Å². The van der Waals surface area contributed by atoms with Crippen molar-refractivity contribution in [3.8, 4) is 0 Å². The Labute approximate surface area is 56.9 Å². The highest BCUT2D eigenvalue weighted by Gasteiger charge is 2.26. The summed E-state index contributed by atoms with van der Waals surface area (Å²) in [6.07, 6.45) is -3.84. The lowest BCUT2D eigenvalue weighted by Crippen LogP contribution is -2.38. The van der Waals surface area contributed by atoms with Crippen molar-refractivity contribution < 1.29 is 24.9 Å². The van der Waals surface area contributed by atoms with Gasteiger partial charge in [0.05, 0.1) is 0 Å². The van der Waals surface area contributed by atoms with E-state index in [9.17, 15) is 9.59 Å². The van der Waals surface area contributed by atoms with Gasteiger partial charge >= 0.3 is 5.97 Å². The number of carboxylic acids is 1. The molecule has 0 aromatic rings. The van der Waals surface area contributed by atoms with Crippen molar-refractivity contribution in [3.63, 3.8) is 0 Å². The number of carbonyl (C=O) groups is 2. The summed E-state index contributed by atoms with van der Waals surface area (Å²) in [5.74, 6) is -2.38. The van der Waals surface area contributed by atoms with Crippen LogP contribution in [0, 0.1) is 0 Å². The van der Waals surface area contributed by atoms with E-state index >= 15 is 0 Å². The largest absolute Gasteiger partial charge is 0.479 e. The summed E-state index contributed by atoms with van der Waals surface area (Å²) in [6, 6.07) is 0. The first-order chi connectivity index (χ1) is 4.46. The summed E-state index contributed by atoms with van der Waals surface area (Å²) < 4.78 is 0. The minimum Gasteiger partial charge on any atom is -0.479 e. The maximum Gasteiger partial charge on any atom is 0.335 e. The maximum absolute atomic E-state index is 10.2. The topological polar surface area (TPSA) is 94.8 Å². The van der Waals surface area contributed by atoms with Gasteiger partial charge in [-0.15, -0.1) is 0 Å². The molecule has 10 heavy (non-hydrogen) atoms. The number of carboxylic acid groups (broad SMARTS) is 1. The molecule has 0 aliphatic heterocycles. The molecular formula is C5H8O5. The molecule has 0 saturated carbocycles. The molecule has 0 saturated heterocycles. The number of aliphatic carboxylic acids is 1. The highest BCUT2D eigenvalue weighted by Crippen LogP contribution is 1.93. The van der Waals surface area contributed by atoms with Crippen molar-refractivity contribution in [3.05, 3.63) is 0 Å². The normalized spacial score (nSPS) is 15.9. The molecule has 0 unspecified atom stereocenters. The zero-order valence-corrected chi connectivity index (χ0v) is 5.31. The fourth-order valence-electron chi connectivity index (χ4n) is 0.357. The summed E-state index contributed by atoms with van der Waals surface area (Å²) in [5, 5.41) is 25.1. The van der Waals surface area contributed by atoms with Crippen LogP contribution in [-0.2, 0) is 9.59 Å². The highest BCUT2D eigenvalue weighted by atomic mass is 16.4. The predicted octanol–water partition coefficient (Wildman–Crippen LogP) is -1.62. The standard InChI is InChI=1S/C5H8O5/c1-2(6)3(7)4(8)5(9)10/h3-4,7-8H,1H3,(H,9,10)/t3-,4-/m0/s1. The van der Waals surface area contributed by atoms with Crippen LogP contribution in [0.2, 0.25) is 0 Å². The van der Waals surface area contributed by atoms with Crippen LogP contribution in [0.4, 0.5) is 0 Å². The van der Waals surface area contributed by atoms with Crippen LogP contribution < -0.4 is 0 Å². The van der Waals surface area contributed by atoms with Gasteiger partial charge in [-0.05, 0) is 6.92 Å². The van der Waals surface area contributed by atoms with Gasteiger partial charge in [-0.2, -0.15) is 0 Å². The number of aliphatic hydroxyl groups excluding tert-OH is 2. The van der Waals surface area contributed by atoms with Gasteiger partial charge in [0.15, 0.2) is 11.9 Å². The maximum atomic E-state index is 10.2. The van der Waals surface area contributed by atoms with Gasteiger partial charge < -0.3 is 15.3 Å². The Bertz CT molecular complexity index is 134. The van der Waals surface area contributed by atoms with E-state index in [-0.39, 0.29) is 0 Å². The van der Waals surface area contributed by atoms with Gasteiger partial charge in [0.2, 0.25) is 0 Å². The van der Waals surface area contributed by atoms with E-state index in [0.717, 1.165) is 6.92 Å². The Morgan fingerprint density at radius 1 is 1.20 bits per heavy atom. The van der Waals surface area contributed by atoms with Crippen LogP contribution in [0.25, 0.3) is 0 Å². The molecule has 3 N–H and O–H groups in total. The second kappa shape index (κ2) is 3.28. The van der Waals surface area contributed by atoms with Crippen molar-refractivity contribution in [2.24, 2.45) is 0 Å². The zero-order chi connectivity index (χ0) is 8.31. The van der Waals surface area contributed by atoms with Gasteiger partial charge in [-0.25, -0.2) is 4.79 Å². The number of hydrogen-bond acceptors (Lipinski definition) is 4. The van der Waals surface area contributed by atoms with E-state index < -0.39 is 24.0 Å². The first-order valence-corrected chi connectivity index (χ1v) is 2.56. The van der Waals surface area contributed by atoms with Gasteiger partial charge in [-0.3, -0.25) is 4.79 Å². The van der Waals surface area contributed by atoms with Crippen molar-refractivity contribution >= 4 is 11.8 Å². The Hall–Kier alpha value is -0.940. The fraction of sp³-hybridized carbons (Fsp3) is 0.600. The van der Waals surface area contributed by atoms with Crippen molar-refractivity contribution in [2.45, 2.75) is 19.1 Å². The van der Waals surface area contributed by atoms with Gasteiger partial charge in [0.1, 0.15) is 6.10 Å². The average Bonchev–Trinajstić information content (AvgIpc) is 1.84. The molecule has 58 valence electrons.